The third-order valence-corrected chi connectivity index (χ3v) is 5.39. The number of amides is 1. The number of fused-ring (bicyclic) bond motifs is 1. The second-order valence-corrected chi connectivity index (χ2v) is 7.38. The Morgan fingerprint density at radius 3 is 2.20 bits per heavy atom. The zero-order valence-electron chi connectivity index (χ0n) is 18.0. The Bertz CT molecular complexity index is 930. The van der Waals surface area contributed by atoms with E-state index in [2.05, 4.69) is 29.6 Å². The van der Waals surface area contributed by atoms with Gasteiger partial charge in [-0.25, -0.2) is 0 Å². The van der Waals surface area contributed by atoms with Crippen LogP contribution in [0.2, 0.25) is 0 Å². The lowest BCUT2D eigenvalue weighted by Crippen LogP contribution is -2.38. The van der Waals surface area contributed by atoms with Gasteiger partial charge in [0.1, 0.15) is 0 Å². The van der Waals surface area contributed by atoms with E-state index < -0.39 is 6.29 Å². The molecule has 0 aliphatic heterocycles. The molecule has 0 aliphatic carbocycles. The van der Waals surface area contributed by atoms with Gasteiger partial charge in [0.05, 0.1) is 5.92 Å². The minimum Gasteiger partial charge on any atom is -0.353 e. The van der Waals surface area contributed by atoms with E-state index in [4.69, 9.17) is 9.47 Å². The maximum atomic E-state index is 13.4. The monoisotopic (exact) mass is 405 g/mol. The second-order valence-electron chi connectivity index (χ2n) is 7.38. The van der Waals surface area contributed by atoms with E-state index in [9.17, 15) is 4.79 Å². The van der Waals surface area contributed by atoms with E-state index in [1.807, 2.05) is 69.3 Å². The van der Waals surface area contributed by atoms with Crippen LogP contribution in [0.15, 0.2) is 72.8 Å². The fourth-order valence-electron chi connectivity index (χ4n) is 3.93. The van der Waals surface area contributed by atoms with Crippen molar-refractivity contribution < 1.29 is 14.3 Å². The van der Waals surface area contributed by atoms with E-state index in [-0.39, 0.29) is 17.7 Å². The molecule has 1 amide bonds. The van der Waals surface area contributed by atoms with Crippen molar-refractivity contribution in [2.45, 2.75) is 39.5 Å². The van der Waals surface area contributed by atoms with Crippen LogP contribution in [0.4, 0.5) is 0 Å². The number of hydrogen-bond acceptors (Lipinski definition) is 3. The lowest BCUT2D eigenvalue weighted by atomic mass is 9.85. The van der Waals surface area contributed by atoms with Crippen LogP contribution in [0.3, 0.4) is 0 Å². The van der Waals surface area contributed by atoms with Gasteiger partial charge in [0.15, 0.2) is 6.29 Å². The third kappa shape index (κ3) is 5.26. The average Bonchev–Trinajstić information content (AvgIpc) is 2.78. The maximum Gasteiger partial charge on any atom is 0.228 e. The van der Waals surface area contributed by atoms with Gasteiger partial charge < -0.3 is 14.8 Å². The minimum absolute atomic E-state index is 0.0222. The van der Waals surface area contributed by atoms with Gasteiger partial charge >= 0.3 is 0 Å². The Labute approximate surface area is 179 Å². The molecule has 0 aliphatic rings. The molecular formula is C26H31NO3. The van der Waals surface area contributed by atoms with Crippen molar-refractivity contribution in [2.75, 3.05) is 13.2 Å². The molecule has 0 aromatic heterocycles. The summed E-state index contributed by atoms with van der Waals surface area (Å²) in [5.74, 6) is -0.532. The molecule has 4 heteroatoms. The van der Waals surface area contributed by atoms with Crippen molar-refractivity contribution in [1.82, 2.24) is 5.32 Å². The normalized spacial score (nSPS) is 13.3. The number of carbonyl (C=O) groups excluding carboxylic acids is 1. The molecule has 1 N–H and O–H groups in total. The molecule has 2 atom stereocenters. The first-order valence-electron chi connectivity index (χ1n) is 10.7. The minimum atomic E-state index is -0.437. The smallest absolute Gasteiger partial charge is 0.228 e. The highest BCUT2D eigenvalue weighted by atomic mass is 16.7. The summed E-state index contributed by atoms with van der Waals surface area (Å²) in [5, 5.41) is 5.49. The van der Waals surface area contributed by atoms with Gasteiger partial charge in [-0.2, -0.15) is 0 Å². The summed E-state index contributed by atoms with van der Waals surface area (Å²) in [4.78, 5) is 13.4. The highest BCUT2D eigenvalue weighted by molar-refractivity contribution is 5.87. The molecule has 0 radical (unpaired) electrons. The topological polar surface area (TPSA) is 47.6 Å². The van der Waals surface area contributed by atoms with Gasteiger partial charge in [-0.05, 0) is 35.7 Å². The zero-order chi connectivity index (χ0) is 21.3. The summed E-state index contributed by atoms with van der Waals surface area (Å²) in [6, 6.07) is 24.3. The molecule has 30 heavy (non-hydrogen) atoms. The second kappa shape index (κ2) is 10.9. The van der Waals surface area contributed by atoms with Crippen LogP contribution in [-0.4, -0.2) is 25.4 Å². The summed E-state index contributed by atoms with van der Waals surface area (Å²) in [7, 11) is 0. The third-order valence-electron chi connectivity index (χ3n) is 5.39. The Morgan fingerprint density at radius 1 is 0.867 bits per heavy atom. The molecule has 0 saturated heterocycles. The molecule has 0 fully saturated rings. The number of carbonyl (C=O) groups is 1. The molecule has 0 saturated carbocycles. The van der Waals surface area contributed by atoms with Crippen LogP contribution in [-0.2, 0) is 20.8 Å². The molecular weight excluding hydrogens is 374 g/mol. The summed E-state index contributed by atoms with van der Waals surface area (Å²) in [5.41, 5.74) is 2.07. The zero-order valence-corrected chi connectivity index (χ0v) is 18.0. The lowest BCUT2D eigenvalue weighted by Gasteiger charge is -2.30. The highest BCUT2D eigenvalue weighted by Gasteiger charge is 2.33. The van der Waals surface area contributed by atoms with E-state index in [0.717, 1.165) is 16.5 Å². The van der Waals surface area contributed by atoms with Crippen molar-refractivity contribution in [1.29, 1.82) is 0 Å². The van der Waals surface area contributed by atoms with Crippen molar-refractivity contribution in [3.63, 3.8) is 0 Å². The number of benzene rings is 3. The van der Waals surface area contributed by atoms with Gasteiger partial charge in [-0.3, -0.25) is 4.79 Å². The van der Waals surface area contributed by atoms with Gasteiger partial charge in [0.2, 0.25) is 5.91 Å². The fourth-order valence-corrected chi connectivity index (χ4v) is 3.93. The maximum absolute atomic E-state index is 13.4. The van der Waals surface area contributed by atoms with Crippen LogP contribution >= 0.6 is 0 Å². The van der Waals surface area contributed by atoms with Crippen molar-refractivity contribution in [3.05, 3.63) is 83.9 Å². The number of nitrogens with one attached hydrogen (secondary N) is 1. The quantitative estimate of drug-likeness (QED) is 0.467. The Hall–Kier alpha value is -2.69. The highest BCUT2D eigenvalue weighted by Crippen LogP contribution is 2.30. The first kappa shape index (κ1) is 22.0. The van der Waals surface area contributed by atoms with Crippen molar-refractivity contribution in [2.24, 2.45) is 5.92 Å². The average molecular weight is 406 g/mol. The predicted octanol–water partition coefficient (Wildman–Crippen LogP) is 5.28. The summed E-state index contributed by atoms with van der Waals surface area (Å²) in [6.45, 7) is 7.45. The van der Waals surface area contributed by atoms with Crippen molar-refractivity contribution >= 4 is 16.7 Å². The fraction of sp³-hybridized carbons (Fsp3) is 0.346. The molecule has 158 valence electrons. The molecule has 0 heterocycles. The van der Waals surface area contributed by atoms with Crippen molar-refractivity contribution in [3.8, 4) is 0 Å². The van der Waals surface area contributed by atoms with Gasteiger partial charge in [-0.1, -0.05) is 79.7 Å². The number of rotatable bonds is 10. The summed E-state index contributed by atoms with van der Waals surface area (Å²) < 4.78 is 11.6. The molecule has 4 nitrogen and oxygen atoms in total. The summed E-state index contributed by atoms with van der Waals surface area (Å²) in [6.07, 6.45) is -0.437. The van der Waals surface area contributed by atoms with Crippen LogP contribution in [0, 0.1) is 5.92 Å². The first-order valence-corrected chi connectivity index (χ1v) is 10.7. The van der Waals surface area contributed by atoms with Gasteiger partial charge in [-0.15, -0.1) is 0 Å². The standard InChI is InChI=1S/C26H31NO3/c1-4-29-26(30-5-2)19(3)24(21-13-7-6-8-14-21)25(28)27-18-22-16-11-15-20-12-9-10-17-23(20)22/h6-17,19,24,26H,4-5,18H2,1-3H3,(H,27,28)/t19-,24?/m0/s1. The van der Waals surface area contributed by atoms with Crippen LogP contribution in [0.5, 0.6) is 0 Å². The van der Waals surface area contributed by atoms with Crippen LogP contribution in [0.1, 0.15) is 37.8 Å². The molecule has 0 spiro atoms. The Kier molecular flexibility index (Phi) is 8.00. The van der Waals surface area contributed by atoms with E-state index in [1.54, 1.807) is 0 Å². The summed E-state index contributed by atoms with van der Waals surface area (Å²) >= 11 is 0. The first-order chi connectivity index (χ1) is 14.7. The van der Waals surface area contributed by atoms with Crippen LogP contribution in [0.25, 0.3) is 10.8 Å². The van der Waals surface area contributed by atoms with E-state index >= 15 is 0 Å². The van der Waals surface area contributed by atoms with Gasteiger partial charge in [0.25, 0.3) is 0 Å². The Morgan fingerprint density at radius 2 is 1.50 bits per heavy atom. The largest absolute Gasteiger partial charge is 0.353 e. The number of hydrogen-bond donors (Lipinski definition) is 1. The number of ether oxygens (including phenoxy) is 2. The predicted molar refractivity (Wildman–Crippen MR) is 121 cm³/mol. The molecule has 0 bridgehead atoms. The van der Waals surface area contributed by atoms with Gasteiger partial charge in [0, 0.05) is 25.7 Å². The molecule has 1 unspecified atom stereocenters. The SMILES string of the molecule is CCOC(OCC)[C@@H](C)C(C(=O)NCc1cccc2ccccc12)c1ccccc1. The molecule has 3 aromatic rings. The van der Waals surface area contributed by atoms with Crippen LogP contribution < -0.4 is 5.32 Å². The molecule has 3 aromatic carbocycles. The Balaban J connectivity index is 1.83. The molecule has 3 rings (SSSR count). The van der Waals surface area contributed by atoms with E-state index in [1.165, 1.54) is 5.39 Å². The van der Waals surface area contributed by atoms with E-state index in [0.29, 0.717) is 19.8 Å². The lowest BCUT2D eigenvalue weighted by molar-refractivity contribution is -0.171.